The van der Waals surface area contributed by atoms with Gasteiger partial charge in [0, 0.05) is 25.0 Å². The van der Waals surface area contributed by atoms with E-state index in [1.165, 1.54) is 0 Å². The molecule has 0 unspecified atom stereocenters. The molecule has 1 aromatic heterocycles. The summed E-state index contributed by atoms with van der Waals surface area (Å²) >= 11 is 0. The van der Waals surface area contributed by atoms with Gasteiger partial charge in [-0.1, -0.05) is 13.8 Å². The monoisotopic (exact) mass is 194 g/mol. The minimum Gasteiger partial charge on any atom is -0.353 e. The van der Waals surface area contributed by atoms with E-state index in [1.807, 2.05) is 6.07 Å². The highest BCUT2D eigenvalue weighted by atomic mass is 15.1. The van der Waals surface area contributed by atoms with Crippen molar-refractivity contribution >= 4 is 5.95 Å². The molecule has 78 valence electrons. The van der Waals surface area contributed by atoms with Crippen molar-refractivity contribution in [1.82, 2.24) is 9.97 Å². The Kier molecular flexibility index (Phi) is 4.32. The highest BCUT2D eigenvalue weighted by molar-refractivity contribution is 5.24. The van der Waals surface area contributed by atoms with E-state index in [0.29, 0.717) is 25.0 Å². The number of nitrogens with one attached hydrogen (secondary N) is 1. The van der Waals surface area contributed by atoms with Crippen LogP contribution in [0, 0.1) is 5.92 Å². The van der Waals surface area contributed by atoms with Crippen molar-refractivity contribution in [2.75, 3.05) is 18.4 Å². The molecule has 0 aromatic carbocycles. The highest BCUT2D eigenvalue weighted by Gasteiger charge is 2.00. The summed E-state index contributed by atoms with van der Waals surface area (Å²) in [7, 11) is 0. The van der Waals surface area contributed by atoms with Crippen molar-refractivity contribution in [1.29, 1.82) is 0 Å². The summed E-state index contributed by atoms with van der Waals surface area (Å²) in [6, 6.07) is 1.95. The first-order chi connectivity index (χ1) is 6.72. The van der Waals surface area contributed by atoms with Gasteiger partial charge in [-0.25, -0.2) is 9.97 Å². The van der Waals surface area contributed by atoms with E-state index in [-0.39, 0.29) is 0 Å². The van der Waals surface area contributed by atoms with Crippen LogP contribution in [-0.2, 0) is 6.42 Å². The Balaban J connectivity index is 2.59. The van der Waals surface area contributed by atoms with Crippen molar-refractivity contribution in [2.24, 2.45) is 11.7 Å². The van der Waals surface area contributed by atoms with E-state index in [9.17, 15) is 0 Å². The Morgan fingerprint density at radius 3 is 2.93 bits per heavy atom. The van der Waals surface area contributed by atoms with Crippen LogP contribution >= 0.6 is 0 Å². The smallest absolute Gasteiger partial charge is 0.222 e. The van der Waals surface area contributed by atoms with Crippen LogP contribution in [-0.4, -0.2) is 23.1 Å². The average Bonchev–Trinajstić information content (AvgIpc) is 2.14. The highest BCUT2D eigenvalue weighted by Crippen LogP contribution is 2.06. The van der Waals surface area contributed by atoms with Gasteiger partial charge >= 0.3 is 0 Å². The second-order valence-corrected chi connectivity index (χ2v) is 3.69. The van der Waals surface area contributed by atoms with Crippen LogP contribution in [0.5, 0.6) is 0 Å². The summed E-state index contributed by atoms with van der Waals surface area (Å²) < 4.78 is 0. The van der Waals surface area contributed by atoms with Crippen molar-refractivity contribution in [3.63, 3.8) is 0 Å². The normalized spacial score (nSPS) is 10.6. The van der Waals surface area contributed by atoms with Gasteiger partial charge in [0.2, 0.25) is 5.95 Å². The van der Waals surface area contributed by atoms with Gasteiger partial charge in [-0.15, -0.1) is 0 Å². The minimum absolute atomic E-state index is 0.595. The van der Waals surface area contributed by atoms with Gasteiger partial charge in [0.25, 0.3) is 0 Å². The topological polar surface area (TPSA) is 63.8 Å². The van der Waals surface area contributed by atoms with Crippen molar-refractivity contribution in [2.45, 2.75) is 20.3 Å². The molecule has 0 amide bonds. The molecule has 0 aliphatic heterocycles. The number of anilines is 1. The van der Waals surface area contributed by atoms with Crippen LogP contribution in [0.3, 0.4) is 0 Å². The second kappa shape index (κ2) is 5.54. The maximum absolute atomic E-state index is 5.38. The molecule has 1 rings (SSSR count). The van der Waals surface area contributed by atoms with Crippen molar-refractivity contribution in [3.05, 3.63) is 18.0 Å². The molecule has 0 fully saturated rings. The lowest BCUT2D eigenvalue weighted by atomic mass is 10.1. The van der Waals surface area contributed by atoms with Gasteiger partial charge in [0.1, 0.15) is 0 Å². The molecule has 14 heavy (non-hydrogen) atoms. The number of nitrogens with zero attached hydrogens (tertiary/aromatic N) is 2. The lowest BCUT2D eigenvalue weighted by Crippen LogP contribution is -2.15. The Labute approximate surface area is 85.0 Å². The quantitative estimate of drug-likeness (QED) is 0.735. The average molecular weight is 194 g/mol. The zero-order valence-electron chi connectivity index (χ0n) is 8.83. The van der Waals surface area contributed by atoms with E-state index >= 15 is 0 Å². The number of hydrogen-bond acceptors (Lipinski definition) is 4. The first-order valence-electron chi connectivity index (χ1n) is 4.98. The first kappa shape index (κ1) is 10.9. The SMILES string of the molecule is CC(C)Cc1ccnc(NCCN)n1. The molecule has 0 atom stereocenters. The molecule has 0 aliphatic carbocycles. The summed E-state index contributed by atoms with van der Waals surface area (Å²) in [6.45, 7) is 5.66. The standard InChI is InChI=1S/C10H18N4/c1-8(2)7-9-3-5-12-10(14-9)13-6-4-11/h3,5,8H,4,6-7,11H2,1-2H3,(H,12,13,14). The lowest BCUT2D eigenvalue weighted by Gasteiger charge is -2.06. The number of hydrogen-bond donors (Lipinski definition) is 2. The Morgan fingerprint density at radius 1 is 1.50 bits per heavy atom. The molecule has 0 radical (unpaired) electrons. The van der Waals surface area contributed by atoms with E-state index in [0.717, 1.165) is 12.1 Å². The van der Waals surface area contributed by atoms with Crippen molar-refractivity contribution in [3.8, 4) is 0 Å². The van der Waals surface area contributed by atoms with Crippen LogP contribution in [0.4, 0.5) is 5.95 Å². The Hall–Kier alpha value is -1.16. The molecular formula is C10H18N4. The van der Waals surface area contributed by atoms with Gasteiger partial charge in [0.15, 0.2) is 0 Å². The molecule has 3 N–H and O–H groups in total. The summed E-state index contributed by atoms with van der Waals surface area (Å²) in [5.41, 5.74) is 6.46. The Bertz CT molecular complexity index is 273. The van der Waals surface area contributed by atoms with Crippen LogP contribution in [0.25, 0.3) is 0 Å². The largest absolute Gasteiger partial charge is 0.353 e. The third-order valence-electron chi connectivity index (χ3n) is 1.76. The van der Waals surface area contributed by atoms with Gasteiger partial charge < -0.3 is 11.1 Å². The molecule has 1 heterocycles. The summed E-state index contributed by atoms with van der Waals surface area (Å²) in [6.07, 6.45) is 2.77. The number of nitrogens with two attached hydrogens (primary N) is 1. The molecule has 1 aromatic rings. The first-order valence-corrected chi connectivity index (χ1v) is 4.98. The third-order valence-corrected chi connectivity index (χ3v) is 1.76. The van der Waals surface area contributed by atoms with E-state index in [2.05, 4.69) is 29.1 Å². The van der Waals surface area contributed by atoms with Crippen LogP contribution < -0.4 is 11.1 Å². The summed E-state index contributed by atoms with van der Waals surface area (Å²) in [5.74, 6) is 1.29. The third kappa shape index (κ3) is 3.70. The van der Waals surface area contributed by atoms with Crippen LogP contribution in [0.15, 0.2) is 12.3 Å². The fraction of sp³-hybridized carbons (Fsp3) is 0.600. The van der Waals surface area contributed by atoms with E-state index < -0.39 is 0 Å². The van der Waals surface area contributed by atoms with E-state index in [4.69, 9.17) is 5.73 Å². The fourth-order valence-corrected chi connectivity index (χ4v) is 1.20. The van der Waals surface area contributed by atoms with Gasteiger partial charge in [-0.3, -0.25) is 0 Å². The maximum Gasteiger partial charge on any atom is 0.222 e. The number of rotatable bonds is 5. The molecule has 4 nitrogen and oxygen atoms in total. The summed E-state index contributed by atoms with van der Waals surface area (Å²) in [5, 5.41) is 3.06. The minimum atomic E-state index is 0.595. The molecule has 0 aliphatic rings. The van der Waals surface area contributed by atoms with E-state index in [1.54, 1.807) is 6.20 Å². The predicted octanol–water partition coefficient (Wildman–Crippen LogP) is 1.05. The zero-order chi connectivity index (χ0) is 10.4. The van der Waals surface area contributed by atoms with Gasteiger partial charge in [-0.2, -0.15) is 0 Å². The molecular weight excluding hydrogens is 176 g/mol. The second-order valence-electron chi connectivity index (χ2n) is 3.69. The molecule has 0 saturated carbocycles. The fourth-order valence-electron chi connectivity index (χ4n) is 1.20. The lowest BCUT2D eigenvalue weighted by molar-refractivity contribution is 0.634. The molecule has 0 saturated heterocycles. The van der Waals surface area contributed by atoms with Crippen LogP contribution in [0.2, 0.25) is 0 Å². The van der Waals surface area contributed by atoms with Gasteiger partial charge in [-0.05, 0) is 18.4 Å². The van der Waals surface area contributed by atoms with Crippen molar-refractivity contribution < 1.29 is 0 Å². The summed E-state index contributed by atoms with van der Waals surface area (Å²) in [4.78, 5) is 8.48. The molecule has 0 bridgehead atoms. The maximum atomic E-state index is 5.38. The number of aromatic nitrogens is 2. The Morgan fingerprint density at radius 2 is 2.29 bits per heavy atom. The van der Waals surface area contributed by atoms with Crippen LogP contribution in [0.1, 0.15) is 19.5 Å². The molecule has 4 heteroatoms. The van der Waals surface area contributed by atoms with Gasteiger partial charge in [0.05, 0.1) is 0 Å². The molecule has 0 spiro atoms. The predicted molar refractivity (Wildman–Crippen MR) is 58.1 cm³/mol. The zero-order valence-corrected chi connectivity index (χ0v) is 8.83.